The third-order valence-electron chi connectivity index (χ3n) is 5.77. The number of hydrogen-bond donors (Lipinski definition) is 1. The van der Waals surface area contributed by atoms with Crippen LogP contribution >= 0.6 is 0 Å². The molecule has 0 radical (unpaired) electrons. The molecule has 1 aliphatic heterocycles. The standard InChI is InChI=1S/C24H29N5O2/c1-18-7-9-20(10-8-18)16-27-11-4-12-28(14-13-27)24(31)23(30)25-15-21-17-29-19(2)5-3-6-22(29)26-21/h3,5-10,17H,4,11-16H2,1-2H3,(H,25,30). The molecule has 0 atom stereocenters. The summed E-state index contributed by atoms with van der Waals surface area (Å²) in [6.07, 6.45) is 2.75. The van der Waals surface area contributed by atoms with Crippen LogP contribution in [0.2, 0.25) is 0 Å². The highest BCUT2D eigenvalue weighted by Gasteiger charge is 2.24. The van der Waals surface area contributed by atoms with Crippen LogP contribution in [0.4, 0.5) is 0 Å². The van der Waals surface area contributed by atoms with Gasteiger partial charge in [-0.15, -0.1) is 0 Å². The highest BCUT2D eigenvalue weighted by Crippen LogP contribution is 2.11. The number of hydrogen-bond acceptors (Lipinski definition) is 4. The van der Waals surface area contributed by atoms with Gasteiger partial charge in [0.15, 0.2) is 0 Å². The lowest BCUT2D eigenvalue weighted by Gasteiger charge is -2.21. The number of amides is 2. The maximum Gasteiger partial charge on any atom is 0.311 e. The normalized spacial score (nSPS) is 15.1. The molecule has 1 saturated heterocycles. The summed E-state index contributed by atoms with van der Waals surface area (Å²) in [4.78, 5) is 33.6. The van der Waals surface area contributed by atoms with Gasteiger partial charge in [0.1, 0.15) is 5.65 Å². The van der Waals surface area contributed by atoms with Gasteiger partial charge < -0.3 is 14.6 Å². The van der Waals surface area contributed by atoms with E-state index in [2.05, 4.69) is 46.4 Å². The van der Waals surface area contributed by atoms with Crippen molar-refractivity contribution in [1.82, 2.24) is 24.5 Å². The first-order valence-corrected chi connectivity index (χ1v) is 10.8. The second-order valence-electron chi connectivity index (χ2n) is 8.22. The van der Waals surface area contributed by atoms with Crippen LogP contribution in [0.1, 0.15) is 28.9 Å². The van der Waals surface area contributed by atoms with Crippen LogP contribution < -0.4 is 5.32 Å². The van der Waals surface area contributed by atoms with E-state index in [1.165, 1.54) is 11.1 Å². The van der Waals surface area contributed by atoms with E-state index in [1.807, 2.05) is 35.7 Å². The average molecular weight is 420 g/mol. The maximum absolute atomic E-state index is 12.7. The minimum absolute atomic E-state index is 0.235. The molecule has 2 aromatic heterocycles. The number of nitrogens with zero attached hydrogens (tertiary/aromatic N) is 4. The molecule has 1 aliphatic rings. The lowest BCUT2D eigenvalue weighted by molar-refractivity contribution is -0.145. The van der Waals surface area contributed by atoms with Crippen LogP contribution in [0, 0.1) is 13.8 Å². The second-order valence-corrected chi connectivity index (χ2v) is 8.22. The van der Waals surface area contributed by atoms with Gasteiger partial charge in [-0.05, 0) is 38.0 Å². The Balaban J connectivity index is 1.29. The molecule has 0 bridgehead atoms. The van der Waals surface area contributed by atoms with Crippen molar-refractivity contribution in [2.75, 3.05) is 26.2 Å². The highest BCUT2D eigenvalue weighted by atomic mass is 16.2. The molecule has 0 saturated carbocycles. The summed E-state index contributed by atoms with van der Waals surface area (Å²) in [7, 11) is 0. The molecular formula is C24H29N5O2. The summed E-state index contributed by atoms with van der Waals surface area (Å²) in [5, 5.41) is 2.73. The number of nitrogens with one attached hydrogen (secondary N) is 1. The lowest BCUT2D eigenvalue weighted by atomic mass is 10.1. The Morgan fingerprint density at radius 2 is 1.81 bits per heavy atom. The van der Waals surface area contributed by atoms with Crippen molar-refractivity contribution in [3.63, 3.8) is 0 Å². The summed E-state index contributed by atoms with van der Waals surface area (Å²) in [6, 6.07) is 14.4. The number of benzene rings is 1. The predicted molar refractivity (Wildman–Crippen MR) is 119 cm³/mol. The van der Waals surface area contributed by atoms with Crippen LogP contribution in [0.5, 0.6) is 0 Å². The Morgan fingerprint density at radius 1 is 1.00 bits per heavy atom. The molecule has 7 heteroatoms. The van der Waals surface area contributed by atoms with Crippen molar-refractivity contribution in [3.05, 3.63) is 71.2 Å². The predicted octanol–water partition coefficient (Wildman–Crippen LogP) is 2.30. The van der Waals surface area contributed by atoms with Crippen molar-refractivity contribution in [2.24, 2.45) is 0 Å². The van der Waals surface area contributed by atoms with Crippen LogP contribution in [0.25, 0.3) is 5.65 Å². The van der Waals surface area contributed by atoms with E-state index in [-0.39, 0.29) is 6.54 Å². The van der Waals surface area contributed by atoms with Crippen LogP contribution in [-0.2, 0) is 22.7 Å². The summed E-state index contributed by atoms with van der Waals surface area (Å²) in [5.74, 6) is -1.03. The summed E-state index contributed by atoms with van der Waals surface area (Å²) >= 11 is 0. The Kier molecular flexibility index (Phi) is 6.32. The van der Waals surface area contributed by atoms with Crippen LogP contribution in [0.15, 0.2) is 48.7 Å². The van der Waals surface area contributed by atoms with Gasteiger partial charge in [-0.25, -0.2) is 4.98 Å². The van der Waals surface area contributed by atoms with Gasteiger partial charge in [0, 0.05) is 44.6 Å². The van der Waals surface area contributed by atoms with E-state index < -0.39 is 11.8 Å². The van der Waals surface area contributed by atoms with E-state index in [0.717, 1.165) is 43.1 Å². The van der Waals surface area contributed by atoms with Crippen molar-refractivity contribution in [2.45, 2.75) is 33.4 Å². The van der Waals surface area contributed by atoms with Crippen molar-refractivity contribution in [3.8, 4) is 0 Å². The Bertz CT molecular complexity index is 1070. The molecule has 0 aliphatic carbocycles. The van der Waals surface area contributed by atoms with Crippen LogP contribution in [0.3, 0.4) is 0 Å². The minimum Gasteiger partial charge on any atom is -0.342 e. The third-order valence-corrected chi connectivity index (χ3v) is 5.77. The third kappa shape index (κ3) is 5.11. The minimum atomic E-state index is -0.569. The molecule has 162 valence electrons. The molecule has 2 amide bonds. The Morgan fingerprint density at radius 3 is 2.58 bits per heavy atom. The van der Waals surface area contributed by atoms with E-state index >= 15 is 0 Å². The fourth-order valence-corrected chi connectivity index (χ4v) is 3.96. The molecule has 1 fully saturated rings. The number of pyridine rings is 1. The fourth-order valence-electron chi connectivity index (χ4n) is 3.96. The number of imidazole rings is 1. The molecular weight excluding hydrogens is 390 g/mol. The highest BCUT2D eigenvalue weighted by molar-refractivity contribution is 6.34. The topological polar surface area (TPSA) is 70.0 Å². The van der Waals surface area contributed by atoms with Gasteiger partial charge >= 0.3 is 11.8 Å². The molecule has 7 nitrogen and oxygen atoms in total. The smallest absolute Gasteiger partial charge is 0.311 e. The quantitative estimate of drug-likeness (QED) is 0.659. The van der Waals surface area contributed by atoms with E-state index in [1.54, 1.807) is 4.90 Å². The van der Waals surface area contributed by atoms with Gasteiger partial charge in [-0.3, -0.25) is 14.5 Å². The summed E-state index contributed by atoms with van der Waals surface area (Å²) in [5.41, 5.74) is 5.15. The first-order chi connectivity index (χ1) is 15.0. The lowest BCUT2D eigenvalue weighted by Crippen LogP contribution is -2.44. The molecule has 0 spiro atoms. The van der Waals surface area contributed by atoms with Gasteiger partial charge in [-0.1, -0.05) is 35.9 Å². The number of carbonyl (C=O) groups excluding carboxylic acids is 2. The fraction of sp³-hybridized carbons (Fsp3) is 0.375. The average Bonchev–Trinajstić information content (AvgIpc) is 3.06. The van der Waals surface area contributed by atoms with Crippen molar-refractivity contribution in [1.29, 1.82) is 0 Å². The van der Waals surface area contributed by atoms with Gasteiger partial charge in [0.25, 0.3) is 0 Å². The summed E-state index contributed by atoms with van der Waals surface area (Å²) in [6.45, 7) is 8.03. The monoisotopic (exact) mass is 419 g/mol. The zero-order chi connectivity index (χ0) is 21.8. The molecule has 1 N–H and O–H groups in total. The number of aromatic nitrogens is 2. The molecule has 0 unspecified atom stereocenters. The number of carbonyl (C=O) groups is 2. The molecule has 3 aromatic rings. The van der Waals surface area contributed by atoms with Crippen molar-refractivity contribution >= 4 is 17.5 Å². The van der Waals surface area contributed by atoms with Crippen LogP contribution in [-0.4, -0.2) is 57.2 Å². The number of rotatable bonds is 4. The largest absolute Gasteiger partial charge is 0.342 e. The first-order valence-electron chi connectivity index (χ1n) is 10.8. The molecule has 1 aromatic carbocycles. The van der Waals surface area contributed by atoms with Gasteiger partial charge in [0.2, 0.25) is 0 Å². The first kappa shape index (κ1) is 21.1. The van der Waals surface area contributed by atoms with Gasteiger partial charge in [-0.2, -0.15) is 0 Å². The van der Waals surface area contributed by atoms with Gasteiger partial charge in [0.05, 0.1) is 12.2 Å². The maximum atomic E-state index is 12.7. The number of fused-ring (bicyclic) bond motifs is 1. The molecule has 31 heavy (non-hydrogen) atoms. The molecule has 4 rings (SSSR count). The zero-order valence-corrected chi connectivity index (χ0v) is 18.2. The van der Waals surface area contributed by atoms with E-state index in [9.17, 15) is 9.59 Å². The summed E-state index contributed by atoms with van der Waals surface area (Å²) < 4.78 is 1.97. The van der Waals surface area contributed by atoms with E-state index in [0.29, 0.717) is 13.1 Å². The second kappa shape index (κ2) is 9.31. The van der Waals surface area contributed by atoms with E-state index in [4.69, 9.17) is 0 Å². The SMILES string of the molecule is Cc1ccc(CN2CCCN(C(=O)C(=O)NCc3cn4c(C)cccc4n3)CC2)cc1. The zero-order valence-electron chi connectivity index (χ0n) is 18.2. The Labute approximate surface area is 182 Å². The van der Waals surface area contributed by atoms with Crippen molar-refractivity contribution < 1.29 is 9.59 Å². The Hall–Kier alpha value is -3.19. The molecule has 3 heterocycles. The number of aryl methyl sites for hydroxylation is 2.